The third kappa shape index (κ3) is 6.30. The van der Waals surface area contributed by atoms with E-state index in [1.165, 1.54) is 5.56 Å². The van der Waals surface area contributed by atoms with Crippen LogP contribution in [-0.4, -0.2) is 32.6 Å². The Morgan fingerprint density at radius 1 is 1.11 bits per heavy atom. The Bertz CT molecular complexity index is 818. The summed E-state index contributed by atoms with van der Waals surface area (Å²) in [5.41, 5.74) is 3.91. The van der Waals surface area contributed by atoms with Crippen LogP contribution in [0, 0.1) is 6.92 Å². The monoisotopic (exact) mass is 382 g/mol. The van der Waals surface area contributed by atoms with Gasteiger partial charge in [0.2, 0.25) is 0 Å². The van der Waals surface area contributed by atoms with Crippen LogP contribution in [0.5, 0.6) is 5.75 Å². The number of benzene rings is 2. The highest BCUT2D eigenvalue weighted by Gasteiger charge is 2.07. The topological polar surface area (TPSA) is 74.8 Å². The fourth-order valence-electron chi connectivity index (χ4n) is 2.71. The Kier molecular flexibility index (Phi) is 8.34. The number of nitrogens with one attached hydrogen (secondary N) is 3. The maximum absolute atomic E-state index is 11.8. The second-order valence-corrected chi connectivity index (χ2v) is 6.52. The molecule has 0 aromatic heterocycles. The van der Waals surface area contributed by atoms with E-state index in [2.05, 4.69) is 53.0 Å². The molecule has 0 radical (unpaired) electrons. The zero-order valence-electron chi connectivity index (χ0n) is 17.1. The minimum atomic E-state index is -0.0941. The van der Waals surface area contributed by atoms with Gasteiger partial charge in [0.1, 0.15) is 5.75 Å². The summed E-state index contributed by atoms with van der Waals surface area (Å²) in [6.45, 7) is 6.03. The third-order valence-corrected chi connectivity index (χ3v) is 4.23. The lowest BCUT2D eigenvalue weighted by molar-refractivity contribution is 0.0963. The Balaban J connectivity index is 1.96. The molecule has 0 aliphatic rings. The van der Waals surface area contributed by atoms with Gasteiger partial charge in [0, 0.05) is 38.3 Å². The largest absolute Gasteiger partial charge is 0.493 e. The first-order valence-corrected chi connectivity index (χ1v) is 9.55. The maximum Gasteiger partial charge on any atom is 0.251 e. The van der Waals surface area contributed by atoms with E-state index < -0.39 is 0 Å². The van der Waals surface area contributed by atoms with Crippen molar-refractivity contribution in [3.63, 3.8) is 0 Å². The molecule has 2 aromatic carbocycles. The van der Waals surface area contributed by atoms with Gasteiger partial charge < -0.3 is 20.7 Å². The molecule has 0 bridgehead atoms. The van der Waals surface area contributed by atoms with Crippen LogP contribution in [0.3, 0.4) is 0 Å². The SMILES string of the molecule is CCCOc1cc(C)ccc1CNC(=NC)NCc1cccc(C(=O)NC)c1. The van der Waals surface area contributed by atoms with Gasteiger partial charge >= 0.3 is 0 Å². The number of nitrogens with zero attached hydrogens (tertiary/aromatic N) is 1. The zero-order chi connectivity index (χ0) is 20.4. The minimum absolute atomic E-state index is 0.0941. The summed E-state index contributed by atoms with van der Waals surface area (Å²) in [5, 5.41) is 9.24. The van der Waals surface area contributed by atoms with E-state index in [-0.39, 0.29) is 5.91 Å². The number of guanidine groups is 1. The van der Waals surface area contributed by atoms with E-state index in [0.717, 1.165) is 23.3 Å². The lowest BCUT2D eigenvalue weighted by atomic mass is 10.1. The molecule has 3 N–H and O–H groups in total. The molecule has 0 saturated heterocycles. The van der Waals surface area contributed by atoms with Gasteiger partial charge in [0.05, 0.1) is 6.61 Å². The Labute approximate surface area is 167 Å². The number of hydrogen-bond donors (Lipinski definition) is 3. The van der Waals surface area contributed by atoms with Gasteiger partial charge in [-0.15, -0.1) is 0 Å². The maximum atomic E-state index is 11.8. The van der Waals surface area contributed by atoms with Crippen molar-refractivity contribution in [1.82, 2.24) is 16.0 Å². The van der Waals surface area contributed by atoms with Crippen LogP contribution in [0.1, 0.15) is 40.4 Å². The molecule has 2 aromatic rings. The molecule has 0 spiro atoms. The van der Waals surface area contributed by atoms with Gasteiger partial charge in [-0.1, -0.05) is 31.2 Å². The van der Waals surface area contributed by atoms with Crippen molar-refractivity contribution in [2.45, 2.75) is 33.4 Å². The van der Waals surface area contributed by atoms with Crippen molar-refractivity contribution in [1.29, 1.82) is 0 Å². The number of carbonyl (C=O) groups excluding carboxylic acids is 1. The third-order valence-electron chi connectivity index (χ3n) is 4.23. The predicted molar refractivity (Wildman–Crippen MR) is 114 cm³/mol. The summed E-state index contributed by atoms with van der Waals surface area (Å²) in [5.74, 6) is 1.50. The normalized spacial score (nSPS) is 11.1. The molecule has 6 nitrogen and oxygen atoms in total. The van der Waals surface area contributed by atoms with Crippen LogP contribution >= 0.6 is 0 Å². The molecule has 6 heteroatoms. The van der Waals surface area contributed by atoms with Crippen LogP contribution < -0.4 is 20.7 Å². The van der Waals surface area contributed by atoms with E-state index in [4.69, 9.17) is 4.74 Å². The van der Waals surface area contributed by atoms with Crippen LogP contribution in [0.15, 0.2) is 47.5 Å². The molecule has 0 fully saturated rings. The van der Waals surface area contributed by atoms with Crippen molar-refractivity contribution < 1.29 is 9.53 Å². The average Bonchev–Trinajstić information content (AvgIpc) is 2.72. The lowest BCUT2D eigenvalue weighted by Gasteiger charge is -2.15. The molecular weight excluding hydrogens is 352 g/mol. The number of hydrogen-bond acceptors (Lipinski definition) is 3. The van der Waals surface area contributed by atoms with Crippen LogP contribution in [0.4, 0.5) is 0 Å². The first-order chi connectivity index (χ1) is 13.6. The fourth-order valence-corrected chi connectivity index (χ4v) is 2.71. The highest BCUT2D eigenvalue weighted by atomic mass is 16.5. The fraction of sp³-hybridized carbons (Fsp3) is 0.364. The first-order valence-electron chi connectivity index (χ1n) is 9.55. The molecule has 0 heterocycles. The molecule has 150 valence electrons. The van der Waals surface area contributed by atoms with E-state index in [9.17, 15) is 4.79 Å². The van der Waals surface area contributed by atoms with Crippen molar-refractivity contribution in [2.75, 3.05) is 20.7 Å². The molecular formula is C22H30N4O2. The number of aryl methyl sites for hydroxylation is 1. The van der Waals surface area contributed by atoms with Gasteiger partial charge in [-0.2, -0.15) is 0 Å². The molecule has 28 heavy (non-hydrogen) atoms. The van der Waals surface area contributed by atoms with Crippen LogP contribution in [0.2, 0.25) is 0 Å². The van der Waals surface area contributed by atoms with E-state index in [1.54, 1.807) is 20.2 Å². The van der Waals surface area contributed by atoms with Crippen LogP contribution in [-0.2, 0) is 13.1 Å². The van der Waals surface area contributed by atoms with E-state index >= 15 is 0 Å². The Hall–Kier alpha value is -3.02. The number of ether oxygens (including phenoxy) is 1. The van der Waals surface area contributed by atoms with E-state index in [1.807, 2.05) is 18.2 Å². The molecule has 0 aliphatic heterocycles. The van der Waals surface area contributed by atoms with Gasteiger partial charge in [-0.05, 0) is 42.7 Å². The second-order valence-electron chi connectivity index (χ2n) is 6.52. The first kappa shape index (κ1) is 21.3. The molecule has 2 rings (SSSR count). The van der Waals surface area contributed by atoms with Crippen molar-refractivity contribution in [3.8, 4) is 5.75 Å². The molecule has 0 atom stereocenters. The van der Waals surface area contributed by atoms with Crippen LogP contribution in [0.25, 0.3) is 0 Å². The summed E-state index contributed by atoms with van der Waals surface area (Å²) in [7, 11) is 3.36. The summed E-state index contributed by atoms with van der Waals surface area (Å²) < 4.78 is 5.87. The molecule has 0 aliphatic carbocycles. The number of carbonyl (C=O) groups is 1. The standard InChI is InChI=1S/C22H30N4O2/c1-5-11-28-20-12-16(2)9-10-19(20)15-26-22(24-4)25-14-17-7-6-8-18(13-17)21(27)23-3/h6-10,12-13H,5,11,14-15H2,1-4H3,(H,23,27)(H2,24,25,26). The van der Waals surface area contributed by atoms with Gasteiger partial charge in [-0.25, -0.2) is 0 Å². The zero-order valence-corrected chi connectivity index (χ0v) is 17.1. The van der Waals surface area contributed by atoms with Crippen molar-refractivity contribution >= 4 is 11.9 Å². The summed E-state index contributed by atoms with van der Waals surface area (Å²) in [4.78, 5) is 16.0. The molecule has 1 amide bonds. The Morgan fingerprint density at radius 2 is 1.89 bits per heavy atom. The molecule has 0 saturated carbocycles. The van der Waals surface area contributed by atoms with Gasteiger partial charge in [0.25, 0.3) is 5.91 Å². The lowest BCUT2D eigenvalue weighted by Crippen LogP contribution is -2.36. The summed E-state index contributed by atoms with van der Waals surface area (Å²) in [6.07, 6.45) is 0.971. The second kappa shape index (κ2) is 11.0. The van der Waals surface area contributed by atoms with Gasteiger partial charge in [0.15, 0.2) is 5.96 Å². The number of aliphatic imine (C=N–C) groups is 1. The average molecular weight is 383 g/mol. The highest BCUT2D eigenvalue weighted by molar-refractivity contribution is 5.94. The quantitative estimate of drug-likeness (QED) is 0.485. The predicted octanol–water partition coefficient (Wildman–Crippen LogP) is 3.01. The smallest absolute Gasteiger partial charge is 0.251 e. The summed E-state index contributed by atoms with van der Waals surface area (Å²) >= 11 is 0. The Morgan fingerprint density at radius 3 is 2.61 bits per heavy atom. The van der Waals surface area contributed by atoms with Crippen molar-refractivity contribution in [2.24, 2.45) is 4.99 Å². The van der Waals surface area contributed by atoms with Gasteiger partial charge in [-0.3, -0.25) is 9.79 Å². The number of rotatable bonds is 8. The molecule has 0 unspecified atom stereocenters. The summed E-state index contributed by atoms with van der Waals surface area (Å²) in [6, 6.07) is 13.7. The number of amides is 1. The van der Waals surface area contributed by atoms with E-state index in [0.29, 0.717) is 31.2 Å². The van der Waals surface area contributed by atoms with Crippen molar-refractivity contribution in [3.05, 3.63) is 64.7 Å². The minimum Gasteiger partial charge on any atom is -0.493 e. The highest BCUT2D eigenvalue weighted by Crippen LogP contribution is 2.20.